The molecule has 1 aromatic heterocycles. The minimum atomic E-state index is 0.785. The predicted octanol–water partition coefficient (Wildman–Crippen LogP) is 1.59. The third-order valence-electron chi connectivity index (χ3n) is 2.62. The number of pyridine rings is 1. The highest BCUT2D eigenvalue weighted by molar-refractivity contribution is 4.83. The Morgan fingerprint density at radius 2 is 1.77 bits per heavy atom. The Bertz CT molecular complexity index is 242. The maximum absolute atomic E-state index is 5.61. The summed E-state index contributed by atoms with van der Waals surface area (Å²) in [6.45, 7) is 0.870. The highest BCUT2D eigenvalue weighted by Gasteiger charge is 2.17. The van der Waals surface area contributed by atoms with E-state index in [1.165, 1.54) is 25.7 Å². The van der Waals surface area contributed by atoms with Crippen LogP contribution in [0.4, 0.5) is 0 Å². The molecule has 1 aliphatic carbocycles. The number of nitrogens with zero attached hydrogens (tertiary/aromatic N) is 1. The summed E-state index contributed by atoms with van der Waals surface area (Å²) < 4.78 is 1.79. The summed E-state index contributed by atoms with van der Waals surface area (Å²) >= 11 is 0. The molecule has 0 amide bonds. The molecule has 0 atom stereocenters. The SMILES string of the molecule is c1cc[n+](OCC2CCCC2)cc1. The number of rotatable bonds is 3. The molecule has 1 fully saturated rings. The number of aromatic nitrogens is 1. The summed E-state index contributed by atoms with van der Waals surface area (Å²) in [7, 11) is 0. The third-order valence-corrected chi connectivity index (χ3v) is 2.62. The molecule has 0 saturated heterocycles. The number of hydrogen-bond acceptors (Lipinski definition) is 1. The highest BCUT2D eigenvalue weighted by atomic mass is 16.7. The van der Waals surface area contributed by atoms with Crippen molar-refractivity contribution in [2.45, 2.75) is 25.7 Å². The van der Waals surface area contributed by atoms with Crippen molar-refractivity contribution in [2.75, 3.05) is 6.61 Å². The molecule has 1 aromatic rings. The van der Waals surface area contributed by atoms with Gasteiger partial charge in [0.05, 0.1) is 0 Å². The van der Waals surface area contributed by atoms with Gasteiger partial charge >= 0.3 is 0 Å². The van der Waals surface area contributed by atoms with Crippen molar-refractivity contribution in [3.05, 3.63) is 30.6 Å². The molecule has 2 nitrogen and oxygen atoms in total. The first-order chi connectivity index (χ1) is 6.45. The topological polar surface area (TPSA) is 13.1 Å². The molecule has 0 unspecified atom stereocenters. The normalized spacial score (nSPS) is 17.5. The molecule has 2 rings (SSSR count). The van der Waals surface area contributed by atoms with E-state index in [2.05, 4.69) is 0 Å². The zero-order valence-electron chi connectivity index (χ0n) is 7.86. The third kappa shape index (κ3) is 2.44. The summed E-state index contributed by atoms with van der Waals surface area (Å²) in [5.74, 6) is 0.785. The molecule has 13 heavy (non-hydrogen) atoms. The van der Waals surface area contributed by atoms with E-state index >= 15 is 0 Å². The van der Waals surface area contributed by atoms with Crippen molar-refractivity contribution in [2.24, 2.45) is 5.92 Å². The Morgan fingerprint density at radius 1 is 1.08 bits per heavy atom. The fourth-order valence-corrected chi connectivity index (χ4v) is 1.84. The fourth-order valence-electron chi connectivity index (χ4n) is 1.84. The van der Waals surface area contributed by atoms with Crippen molar-refractivity contribution in [3.63, 3.8) is 0 Å². The number of hydrogen-bond donors (Lipinski definition) is 0. The molecule has 0 aliphatic heterocycles. The van der Waals surface area contributed by atoms with Crippen LogP contribution in [-0.4, -0.2) is 6.61 Å². The van der Waals surface area contributed by atoms with Gasteiger partial charge in [-0.3, -0.25) is 4.84 Å². The van der Waals surface area contributed by atoms with Gasteiger partial charge in [0.2, 0.25) is 12.4 Å². The average Bonchev–Trinajstić information content (AvgIpc) is 2.69. The van der Waals surface area contributed by atoms with Gasteiger partial charge in [-0.1, -0.05) is 18.9 Å². The van der Waals surface area contributed by atoms with Gasteiger partial charge in [-0.25, -0.2) is 0 Å². The second kappa shape index (κ2) is 4.26. The second-order valence-electron chi connectivity index (χ2n) is 3.68. The largest absolute Gasteiger partial charge is 0.271 e. The van der Waals surface area contributed by atoms with Crippen molar-refractivity contribution in [3.8, 4) is 0 Å². The fraction of sp³-hybridized carbons (Fsp3) is 0.545. The van der Waals surface area contributed by atoms with Crippen molar-refractivity contribution < 1.29 is 9.57 Å². The molecular weight excluding hydrogens is 162 g/mol. The molecule has 0 bridgehead atoms. The average molecular weight is 178 g/mol. The minimum Gasteiger partial charge on any atom is -0.271 e. The highest BCUT2D eigenvalue weighted by Crippen LogP contribution is 2.23. The minimum absolute atomic E-state index is 0.785. The summed E-state index contributed by atoms with van der Waals surface area (Å²) in [6, 6.07) is 5.96. The van der Waals surface area contributed by atoms with E-state index in [0.29, 0.717) is 0 Å². The Labute approximate surface area is 79.1 Å². The van der Waals surface area contributed by atoms with Crippen LogP contribution in [-0.2, 0) is 0 Å². The lowest BCUT2D eigenvalue weighted by Gasteiger charge is -2.04. The molecule has 2 heteroatoms. The van der Waals surface area contributed by atoms with Crippen LogP contribution in [0.5, 0.6) is 0 Å². The van der Waals surface area contributed by atoms with E-state index in [1.54, 1.807) is 4.73 Å². The van der Waals surface area contributed by atoms with Crippen LogP contribution >= 0.6 is 0 Å². The summed E-state index contributed by atoms with van der Waals surface area (Å²) in [5.41, 5.74) is 0. The lowest BCUT2D eigenvalue weighted by Crippen LogP contribution is -2.43. The molecule has 1 saturated carbocycles. The summed E-state index contributed by atoms with van der Waals surface area (Å²) in [6.07, 6.45) is 9.33. The van der Waals surface area contributed by atoms with Gasteiger partial charge in [0.15, 0.2) is 6.61 Å². The summed E-state index contributed by atoms with van der Waals surface area (Å²) in [4.78, 5) is 5.61. The Kier molecular flexibility index (Phi) is 2.80. The quantitative estimate of drug-likeness (QED) is 0.641. The van der Waals surface area contributed by atoms with Crippen molar-refractivity contribution in [1.29, 1.82) is 0 Å². The lowest BCUT2D eigenvalue weighted by molar-refractivity contribution is -0.892. The first kappa shape index (κ1) is 8.54. The van der Waals surface area contributed by atoms with E-state index in [1.807, 2.05) is 30.6 Å². The Hall–Kier alpha value is -1.05. The molecular formula is C11H16NO+. The maximum Gasteiger partial charge on any atom is 0.222 e. The molecule has 0 spiro atoms. The van der Waals surface area contributed by atoms with Gasteiger partial charge in [0, 0.05) is 16.9 Å². The van der Waals surface area contributed by atoms with E-state index in [4.69, 9.17) is 4.84 Å². The van der Waals surface area contributed by atoms with Gasteiger partial charge in [0.1, 0.15) is 0 Å². The standard InChI is InChI=1S/C11H16NO/c1-4-8-12(9-5-1)13-10-11-6-2-3-7-11/h1,4-5,8-9,11H,2-3,6-7,10H2/q+1. The molecule has 0 radical (unpaired) electrons. The van der Waals surface area contributed by atoms with Gasteiger partial charge in [-0.15, -0.1) is 0 Å². The van der Waals surface area contributed by atoms with Gasteiger partial charge in [-0.05, 0) is 18.8 Å². The van der Waals surface area contributed by atoms with Crippen LogP contribution in [0.25, 0.3) is 0 Å². The molecule has 70 valence electrons. The zero-order valence-corrected chi connectivity index (χ0v) is 7.86. The first-order valence-electron chi connectivity index (χ1n) is 5.05. The van der Waals surface area contributed by atoms with Crippen LogP contribution in [0.15, 0.2) is 30.6 Å². The van der Waals surface area contributed by atoms with E-state index in [0.717, 1.165) is 12.5 Å². The maximum atomic E-state index is 5.61. The monoisotopic (exact) mass is 178 g/mol. The molecule has 1 heterocycles. The van der Waals surface area contributed by atoms with Gasteiger partial charge in [-0.2, -0.15) is 0 Å². The lowest BCUT2D eigenvalue weighted by atomic mass is 10.1. The van der Waals surface area contributed by atoms with Gasteiger partial charge < -0.3 is 0 Å². The molecule has 1 aliphatic rings. The second-order valence-corrected chi connectivity index (χ2v) is 3.68. The summed E-state index contributed by atoms with van der Waals surface area (Å²) in [5, 5.41) is 0. The zero-order chi connectivity index (χ0) is 8.93. The molecule has 0 aromatic carbocycles. The predicted molar refractivity (Wildman–Crippen MR) is 50.0 cm³/mol. The molecule has 0 N–H and O–H groups in total. The van der Waals surface area contributed by atoms with Crippen LogP contribution in [0.1, 0.15) is 25.7 Å². The first-order valence-corrected chi connectivity index (χ1v) is 5.05. The smallest absolute Gasteiger partial charge is 0.222 e. The van der Waals surface area contributed by atoms with Crippen LogP contribution in [0.3, 0.4) is 0 Å². The van der Waals surface area contributed by atoms with Crippen LogP contribution in [0, 0.1) is 5.92 Å². The Morgan fingerprint density at radius 3 is 2.46 bits per heavy atom. The van der Waals surface area contributed by atoms with E-state index in [9.17, 15) is 0 Å². The van der Waals surface area contributed by atoms with Crippen molar-refractivity contribution in [1.82, 2.24) is 0 Å². The van der Waals surface area contributed by atoms with Gasteiger partial charge in [0.25, 0.3) is 0 Å². The van der Waals surface area contributed by atoms with Crippen molar-refractivity contribution >= 4 is 0 Å². The van der Waals surface area contributed by atoms with Crippen LogP contribution in [0.2, 0.25) is 0 Å². The van der Waals surface area contributed by atoms with E-state index < -0.39 is 0 Å². The Balaban J connectivity index is 1.79. The van der Waals surface area contributed by atoms with E-state index in [-0.39, 0.29) is 0 Å². The van der Waals surface area contributed by atoms with Crippen LogP contribution < -0.4 is 9.57 Å².